The van der Waals surface area contributed by atoms with Crippen molar-refractivity contribution in [2.75, 3.05) is 13.1 Å². The maximum atomic E-state index is 5.92. The topological polar surface area (TPSA) is 38.0 Å². The van der Waals surface area contributed by atoms with Crippen LogP contribution in [-0.4, -0.2) is 13.1 Å². The summed E-state index contributed by atoms with van der Waals surface area (Å²) in [5, 5.41) is 3.64. The fourth-order valence-corrected chi connectivity index (χ4v) is 2.66. The van der Waals surface area contributed by atoms with Crippen LogP contribution in [0.4, 0.5) is 0 Å². The molecule has 19 heavy (non-hydrogen) atoms. The zero-order chi connectivity index (χ0) is 14.4. The van der Waals surface area contributed by atoms with Gasteiger partial charge in [-0.3, -0.25) is 0 Å². The summed E-state index contributed by atoms with van der Waals surface area (Å²) >= 11 is 0. The zero-order valence-electron chi connectivity index (χ0n) is 13.1. The summed E-state index contributed by atoms with van der Waals surface area (Å²) in [5.41, 5.74) is 8.50. The average Bonchev–Trinajstić information content (AvgIpc) is 2.35. The standard InChI is InChI=1S/C17H30N2/c1-12(2)16(13(3)4)11-19-17(10-18)15-8-6-14(5)7-9-15/h6-9,12-13,16-17,19H,10-11,18H2,1-5H3. The molecule has 0 aliphatic heterocycles. The molecular weight excluding hydrogens is 232 g/mol. The molecule has 0 aliphatic rings. The Hall–Kier alpha value is -0.860. The number of nitrogens with one attached hydrogen (secondary N) is 1. The van der Waals surface area contributed by atoms with Gasteiger partial charge < -0.3 is 11.1 Å². The first-order valence-electron chi connectivity index (χ1n) is 7.45. The van der Waals surface area contributed by atoms with Crippen LogP contribution >= 0.6 is 0 Å². The molecule has 0 aromatic heterocycles. The van der Waals surface area contributed by atoms with Crippen LogP contribution in [0, 0.1) is 24.7 Å². The number of aryl methyl sites for hydroxylation is 1. The Kier molecular flexibility index (Phi) is 6.53. The Morgan fingerprint density at radius 2 is 1.53 bits per heavy atom. The molecule has 0 aliphatic carbocycles. The third-order valence-corrected chi connectivity index (χ3v) is 4.03. The number of rotatable bonds is 7. The van der Waals surface area contributed by atoms with Crippen LogP contribution < -0.4 is 11.1 Å². The van der Waals surface area contributed by atoms with Crippen molar-refractivity contribution >= 4 is 0 Å². The maximum Gasteiger partial charge on any atom is 0.0444 e. The van der Waals surface area contributed by atoms with Gasteiger partial charge in [-0.1, -0.05) is 57.5 Å². The van der Waals surface area contributed by atoms with E-state index in [4.69, 9.17) is 5.73 Å². The van der Waals surface area contributed by atoms with Crippen molar-refractivity contribution in [3.63, 3.8) is 0 Å². The Morgan fingerprint density at radius 1 is 1.00 bits per heavy atom. The summed E-state index contributed by atoms with van der Waals surface area (Å²) in [6.45, 7) is 13.0. The number of hydrogen-bond acceptors (Lipinski definition) is 2. The second kappa shape index (κ2) is 7.66. The van der Waals surface area contributed by atoms with E-state index in [1.807, 2.05) is 0 Å². The lowest BCUT2D eigenvalue weighted by Gasteiger charge is -2.28. The fraction of sp³-hybridized carbons (Fsp3) is 0.647. The molecule has 2 nitrogen and oxygen atoms in total. The Morgan fingerprint density at radius 3 is 1.95 bits per heavy atom. The molecule has 0 amide bonds. The van der Waals surface area contributed by atoms with E-state index in [-0.39, 0.29) is 6.04 Å². The molecule has 108 valence electrons. The van der Waals surface area contributed by atoms with Crippen LogP contribution in [0.3, 0.4) is 0 Å². The van der Waals surface area contributed by atoms with Gasteiger partial charge in [0.2, 0.25) is 0 Å². The van der Waals surface area contributed by atoms with Crippen LogP contribution in [-0.2, 0) is 0 Å². The molecule has 0 saturated carbocycles. The quantitative estimate of drug-likeness (QED) is 0.789. The molecule has 1 aromatic carbocycles. The van der Waals surface area contributed by atoms with Crippen LogP contribution in [0.2, 0.25) is 0 Å². The highest BCUT2D eigenvalue weighted by atomic mass is 14.9. The van der Waals surface area contributed by atoms with E-state index in [1.54, 1.807) is 0 Å². The van der Waals surface area contributed by atoms with Crippen molar-refractivity contribution in [1.82, 2.24) is 5.32 Å². The van der Waals surface area contributed by atoms with E-state index in [0.29, 0.717) is 24.3 Å². The predicted octanol–water partition coefficient (Wildman–Crippen LogP) is 3.51. The lowest BCUT2D eigenvalue weighted by Crippen LogP contribution is -2.35. The highest BCUT2D eigenvalue weighted by Gasteiger charge is 2.19. The van der Waals surface area contributed by atoms with Gasteiger partial charge in [0.1, 0.15) is 0 Å². The summed E-state index contributed by atoms with van der Waals surface area (Å²) in [5.74, 6) is 2.09. The summed E-state index contributed by atoms with van der Waals surface area (Å²) in [6, 6.07) is 8.93. The monoisotopic (exact) mass is 262 g/mol. The van der Waals surface area contributed by atoms with Gasteiger partial charge in [0.25, 0.3) is 0 Å². The number of hydrogen-bond donors (Lipinski definition) is 2. The Balaban J connectivity index is 2.64. The van der Waals surface area contributed by atoms with Crippen LogP contribution in [0.5, 0.6) is 0 Å². The van der Waals surface area contributed by atoms with Gasteiger partial charge in [0.15, 0.2) is 0 Å². The number of benzene rings is 1. The van der Waals surface area contributed by atoms with Crippen molar-refractivity contribution in [3.8, 4) is 0 Å². The minimum Gasteiger partial charge on any atom is -0.329 e. The smallest absolute Gasteiger partial charge is 0.0444 e. The lowest BCUT2D eigenvalue weighted by molar-refractivity contribution is 0.266. The first-order valence-corrected chi connectivity index (χ1v) is 7.45. The van der Waals surface area contributed by atoms with E-state index >= 15 is 0 Å². The van der Waals surface area contributed by atoms with Crippen LogP contribution in [0.1, 0.15) is 44.9 Å². The van der Waals surface area contributed by atoms with Gasteiger partial charge in [-0.2, -0.15) is 0 Å². The summed E-state index contributed by atoms with van der Waals surface area (Å²) in [6.07, 6.45) is 0. The van der Waals surface area contributed by atoms with Crippen molar-refractivity contribution < 1.29 is 0 Å². The molecule has 1 unspecified atom stereocenters. The largest absolute Gasteiger partial charge is 0.329 e. The van der Waals surface area contributed by atoms with E-state index < -0.39 is 0 Å². The molecule has 2 heteroatoms. The first kappa shape index (κ1) is 16.2. The molecule has 1 aromatic rings. The molecule has 0 saturated heterocycles. The molecule has 0 bridgehead atoms. The normalized spacial score (nSPS) is 13.5. The molecule has 1 atom stereocenters. The van der Waals surface area contributed by atoms with Crippen molar-refractivity contribution in [2.45, 2.75) is 40.7 Å². The van der Waals surface area contributed by atoms with Crippen LogP contribution in [0.25, 0.3) is 0 Å². The molecule has 3 N–H and O–H groups in total. The average molecular weight is 262 g/mol. The molecular formula is C17H30N2. The fourth-order valence-electron chi connectivity index (χ4n) is 2.66. The molecule has 1 rings (SSSR count). The van der Waals surface area contributed by atoms with Gasteiger partial charge in [-0.05, 0) is 36.8 Å². The van der Waals surface area contributed by atoms with E-state index in [2.05, 4.69) is 64.2 Å². The molecule has 0 heterocycles. The van der Waals surface area contributed by atoms with Crippen molar-refractivity contribution in [1.29, 1.82) is 0 Å². The van der Waals surface area contributed by atoms with E-state index in [0.717, 1.165) is 6.54 Å². The molecule has 0 spiro atoms. The minimum atomic E-state index is 0.264. The summed E-state index contributed by atoms with van der Waals surface area (Å²) < 4.78 is 0. The Bertz CT molecular complexity index is 346. The van der Waals surface area contributed by atoms with E-state index in [1.165, 1.54) is 11.1 Å². The molecule has 0 fully saturated rings. The third kappa shape index (κ3) is 4.96. The van der Waals surface area contributed by atoms with E-state index in [9.17, 15) is 0 Å². The van der Waals surface area contributed by atoms with Gasteiger partial charge in [-0.25, -0.2) is 0 Å². The summed E-state index contributed by atoms with van der Waals surface area (Å²) in [4.78, 5) is 0. The molecule has 0 radical (unpaired) electrons. The maximum absolute atomic E-state index is 5.92. The van der Waals surface area contributed by atoms with Gasteiger partial charge >= 0.3 is 0 Å². The second-order valence-corrected chi connectivity index (χ2v) is 6.26. The summed E-state index contributed by atoms with van der Waals surface area (Å²) in [7, 11) is 0. The first-order chi connectivity index (χ1) is 8.95. The lowest BCUT2D eigenvalue weighted by atomic mass is 9.85. The van der Waals surface area contributed by atoms with Gasteiger partial charge in [0.05, 0.1) is 0 Å². The van der Waals surface area contributed by atoms with Gasteiger partial charge in [-0.15, -0.1) is 0 Å². The zero-order valence-corrected chi connectivity index (χ0v) is 13.1. The third-order valence-electron chi connectivity index (χ3n) is 4.03. The minimum absolute atomic E-state index is 0.264. The second-order valence-electron chi connectivity index (χ2n) is 6.26. The Labute approximate surface area is 118 Å². The van der Waals surface area contributed by atoms with Gasteiger partial charge in [0, 0.05) is 12.6 Å². The number of nitrogens with two attached hydrogens (primary N) is 1. The van der Waals surface area contributed by atoms with Crippen molar-refractivity contribution in [3.05, 3.63) is 35.4 Å². The predicted molar refractivity (Wildman–Crippen MR) is 84.1 cm³/mol. The van der Waals surface area contributed by atoms with Crippen molar-refractivity contribution in [2.24, 2.45) is 23.5 Å². The highest BCUT2D eigenvalue weighted by molar-refractivity contribution is 5.24. The van der Waals surface area contributed by atoms with Crippen LogP contribution in [0.15, 0.2) is 24.3 Å². The SMILES string of the molecule is Cc1ccc(C(CN)NCC(C(C)C)C(C)C)cc1. The highest BCUT2D eigenvalue weighted by Crippen LogP contribution is 2.21.